The first-order valence-electron chi connectivity index (χ1n) is 13.6. The molecule has 214 valence electrons. The van der Waals surface area contributed by atoms with Crippen molar-refractivity contribution in [3.8, 4) is 17.6 Å². The van der Waals surface area contributed by atoms with Crippen LogP contribution in [0.2, 0.25) is 0 Å². The van der Waals surface area contributed by atoms with Crippen LogP contribution in [0.1, 0.15) is 50.8 Å². The van der Waals surface area contributed by atoms with Crippen LogP contribution in [0.4, 0.5) is 0 Å². The summed E-state index contributed by atoms with van der Waals surface area (Å²) in [4.78, 5) is 0. The standard InChI is InChI=1S/C32H41N2O5P/c1-25(2)34(26(3)4)40(38-22-10-21-33)39-24-23-37-32(27-11-8-7-9-12-27,28-13-17-30(35-5)18-14-28)29-15-19-31(36-6)20-16-29/h7-9,11-20,25-26H,10,22-24H2,1-6H3. The van der Waals surface area contributed by atoms with Gasteiger partial charge in [-0.3, -0.25) is 0 Å². The minimum absolute atomic E-state index is 0.219. The fraction of sp³-hybridized carbons (Fsp3) is 0.406. The Morgan fingerprint density at radius 3 is 1.62 bits per heavy atom. The van der Waals surface area contributed by atoms with E-state index in [-0.39, 0.29) is 12.1 Å². The molecule has 0 aliphatic rings. The van der Waals surface area contributed by atoms with Gasteiger partial charge in [-0.2, -0.15) is 5.26 Å². The Labute approximate surface area is 240 Å². The van der Waals surface area contributed by atoms with Crippen molar-refractivity contribution in [1.82, 2.24) is 4.67 Å². The van der Waals surface area contributed by atoms with Crippen LogP contribution in [0.3, 0.4) is 0 Å². The minimum Gasteiger partial charge on any atom is -0.497 e. The largest absolute Gasteiger partial charge is 0.497 e. The SMILES string of the molecule is COc1ccc(C(OCCOP(OCCC#N)N(C(C)C)C(C)C)(c2ccccc2)c2ccc(OC)cc2)cc1. The summed E-state index contributed by atoms with van der Waals surface area (Å²) in [6.07, 6.45) is 0.314. The fourth-order valence-corrected chi connectivity index (χ4v) is 6.27. The van der Waals surface area contributed by atoms with Gasteiger partial charge >= 0.3 is 0 Å². The number of benzene rings is 3. The zero-order valence-electron chi connectivity index (χ0n) is 24.4. The van der Waals surface area contributed by atoms with Crippen molar-refractivity contribution in [2.45, 2.75) is 51.8 Å². The molecule has 40 heavy (non-hydrogen) atoms. The van der Waals surface area contributed by atoms with Crippen molar-refractivity contribution in [3.05, 3.63) is 95.6 Å². The van der Waals surface area contributed by atoms with E-state index in [4.69, 9.17) is 28.5 Å². The number of rotatable bonds is 16. The average molecular weight is 565 g/mol. The normalized spacial score (nSPS) is 12.5. The van der Waals surface area contributed by atoms with Gasteiger partial charge in [0.2, 0.25) is 0 Å². The van der Waals surface area contributed by atoms with E-state index >= 15 is 0 Å². The van der Waals surface area contributed by atoms with Gasteiger partial charge in [0.1, 0.15) is 17.1 Å². The molecule has 0 fully saturated rings. The Morgan fingerprint density at radius 1 is 0.700 bits per heavy atom. The molecule has 1 unspecified atom stereocenters. The molecule has 1 atom stereocenters. The first-order chi connectivity index (χ1) is 19.4. The van der Waals surface area contributed by atoms with Crippen LogP contribution in [0.25, 0.3) is 0 Å². The molecule has 0 radical (unpaired) electrons. The van der Waals surface area contributed by atoms with Gasteiger partial charge in [0, 0.05) is 12.1 Å². The molecule has 0 aliphatic carbocycles. The number of methoxy groups -OCH3 is 2. The number of hydrogen-bond acceptors (Lipinski definition) is 7. The van der Waals surface area contributed by atoms with Gasteiger partial charge in [-0.15, -0.1) is 0 Å². The van der Waals surface area contributed by atoms with E-state index in [1.165, 1.54) is 0 Å². The van der Waals surface area contributed by atoms with Gasteiger partial charge in [-0.05, 0) is 68.7 Å². The molecule has 0 amide bonds. The molecule has 8 heteroatoms. The summed E-state index contributed by atoms with van der Waals surface area (Å²) in [5, 5.41) is 9.02. The lowest BCUT2D eigenvalue weighted by atomic mass is 9.80. The monoisotopic (exact) mass is 564 g/mol. The number of nitrogens with zero attached hydrogens (tertiary/aromatic N) is 2. The molecule has 0 bridgehead atoms. The first-order valence-corrected chi connectivity index (χ1v) is 14.7. The Hall–Kier alpha value is -2.98. The Balaban J connectivity index is 1.96. The van der Waals surface area contributed by atoms with Crippen molar-refractivity contribution in [2.75, 3.05) is 34.0 Å². The van der Waals surface area contributed by atoms with Crippen molar-refractivity contribution < 1.29 is 23.3 Å². The van der Waals surface area contributed by atoms with Crippen LogP contribution in [0.15, 0.2) is 78.9 Å². The second-order valence-corrected chi connectivity index (χ2v) is 11.2. The predicted molar refractivity (Wildman–Crippen MR) is 159 cm³/mol. The molecule has 0 N–H and O–H groups in total. The van der Waals surface area contributed by atoms with Crippen LogP contribution in [0, 0.1) is 11.3 Å². The zero-order valence-corrected chi connectivity index (χ0v) is 25.3. The van der Waals surface area contributed by atoms with Crippen LogP contribution in [0.5, 0.6) is 11.5 Å². The summed E-state index contributed by atoms with van der Waals surface area (Å²) in [6.45, 7) is 9.43. The lowest BCUT2D eigenvalue weighted by molar-refractivity contribution is -0.00504. The highest BCUT2D eigenvalue weighted by molar-refractivity contribution is 7.44. The Kier molecular flexibility index (Phi) is 12.4. The molecule has 3 aromatic carbocycles. The number of nitriles is 1. The Bertz CT molecular complexity index is 1130. The molecule has 3 aromatic rings. The van der Waals surface area contributed by atoms with Crippen molar-refractivity contribution >= 4 is 8.53 Å². The fourth-order valence-electron chi connectivity index (χ4n) is 4.70. The topological polar surface area (TPSA) is 73.2 Å². The molecule has 0 saturated heterocycles. The third-order valence-corrected chi connectivity index (χ3v) is 8.55. The van der Waals surface area contributed by atoms with Gasteiger partial charge in [0.15, 0.2) is 0 Å². The van der Waals surface area contributed by atoms with E-state index in [1.807, 2.05) is 66.7 Å². The van der Waals surface area contributed by atoms with Crippen molar-refractivity contribution in [2.24, 2.45) is 0 Å². The third kappa shape index (κ3) is 7.81. The van der Waals surface area contributed by atoms with Crippen LogP contribution in [-0.2, 0) is 19.4 Å². The lowest BCUT2D eigenvalue weighted by Gasteiger charge is -2.37. The first kappa shape index (κ1) is 31.5. The van der Waals surface area contributed by atoms with Gasteiger partial charge in [0.05, 0.1) is 46.5 Å². The van der Waals surface area contributed by atoms with Crippen molar-refractivity contribution in [3.63, 3.8) is 0 Å². The highest BCUT2D eigenvalue weighted by Crippen LogP contribution is 2.46. The van der Waals surface area contributed by atoms with Gasteiger partial charge in [-0.1, -0.05) is 54.6 Å². The molecular weight excluding hydrogens is 523 g/mol. The Morgan fingerprint density at radius 2 is 1.18 bits per heavy atom. The third-order valence-electron chi connectivity index (χ3n) is 6.44. The molecule has 0 saturated carbocycles. The van der Waals surface area contributed by atoms with E-state index in [0.29, 0.717) is 26.2 Å². The molecule has 0 aromatic heterocycles. The highest BCUT2D eigenvalue weighted by Gasteiger charge is 2.38. The molecular formula is C32H41N2O5P. The predicted octanol–water partition coefficient (Wildman–Crippen LogP) is 7.30. The molecule has 0 aliphatic heterocycles. The maximum Gasteiger partial charge on any atom is 0.259 e. The van der Waals surface area contributed by atoms with E-state index in [2.05, 4.69) is 50.6 Å². The maximum absolute atomic E-state index is 9.02. The smallest absolute Gasteiger partial charge is 0.259 e. The zero-order chi connectivity index (χ0) is 29.0. The summed E-state index contributed by atoms with van der Waals surface area (Å²) in [7, 11) is 1.95. The molecule has 0 heterocycles. The van der Waals surface area contributed by atoms with Crippen LogP contribution in [-0.4, -0.2) is 50.8 Å². The van der Waals surface area contributed by atoms with Gasteiger partial charge in [0.25, 0.3) is 8.53 Å². The van der Waals surface area contributed by atoms with E-state index in [1.54, 1.807) is 14.2 Å². The summed E-state index contributed by atoms with van der Waals surface area (Å²) in [6, 6.07) is 28.7. The maximum atomic E-state index is 9.02. The van der Waals surface area contributed by atoms with Crippen LogP contribution >= 0.6 is 8.53 Å². The lowest BCUT2D eigenvalue weighted by Crippen LogP contribution is -2.35. The summed E-state index contributed by atoms with van der Waals surface area (Å²) in [5.41, 5.74) is 2.00. The van der Waals surface area contributed by atoms with E-state index in [0.717, 1.165) is 28.2 Å². The second-order valence-electron chi connectivity index (χ2n) is 9.73. The van der Waals surface area contributed by atoms with Gasteiger partial charge < -0.3 is 23.3 Å². The molecule has 3 rings (SSSR count). The molecule has 0 spiro atoms. The summed E-state index contributed by atoms with van der Waals surface area (Å²) >= 11 is 0. The average Bonchev–Trinajstić information content (AvgIpc) is 2.97. The minimum atomic E-state index is -1.37. The second kappa shape index (κ2) is 15.7. The number of ether oxygens (including phenoxy) is 3. The molecule has 7 nitrogen and oxygen atoms in total. The van der Waals surface area contributed by atoms with Crippen LogP contribution < -0.4 is 9.47 Å². The summed E-state index contributed by atoms with van der Waals surface area (Å²) < 4.78 is 32.4. The van der Waals surface area contributed by atoms with Gasteiger partial charge in [-0.25, -0.2) is 4.67 Å². The van der Waals surface area contributed by atoms with Crippen molar-refractivity contribution in [1.29, 1.82) is 5.26 Å². The van der Waals surface area contributed by atoms with E-state index in [9.17, 15) is 0 Å². The quantitative estimate of drug-likeness (QED) is 0.103. The highest BCUT2D eigenvalue weighted by atomic mass is 31.2. The van der Waals surface area contributed by atoms with E-state index < -0.39 is 14.1 Å². The number of hydrogen-bond donors (Lipinski definition) is 0. The summed E-state index contributed by atoms with van der Waals surface area (Å²) in [5.74, 6) is 1.54.